The van der Waals surface area contributed by atoms with Crippen LogP contribution in [0.4, 0.5) is 10.3 Å². The fraction of sp³-hybridized carbons (Fsp3) is 0.200. The molecule has 4 aromatic rings. The topological polar surface area (TPSA) is 104 Å². The Hall–Kier alpha value is -3.37. The first kappa shape index (κ1) is 19.9. The molecule has 8 nitrogen and oxygen atoms in total. The fourth-order valence-corrected chi connectivity index (χ4v) is 4.02. The van der Waals surface area contributed by atoms with Gasteiger partial charge >= 0.3 is 5.69 Å². The number of benzene rings is 1. The van der Waals surface area contributed by atoms with E-state index >= 15 is 0 Å². The van der Waals surface area contributed by atoms with Gasteiger partial charge in [-0.2, -0.15) is 5.10 Å². The molecule has 0 saturated carbocycles. The molecule has 0 bridgehead atoms. The lowest BCUT2D eigenvalue weighted by atomic mass is 10.1. The number of rotatable bonds is 7. The van der Waals surface area contributed by atoms with Crippen molar-refractivity contribution in [2.45, 2.75) is 13.1 Å². The van der Waals surface area contributed by atoms with E-state index in [0.29, 0.717) is 24.4 Å². The molecule has 3 N–H and O–H groups in total. The molecule has 30 heavy (non-hydrogen) atoms. The third-order valence-electron chi connectivity index (χ3n) is 4.64. The van der Waals surface area contributed by atoms with Crippen LogP contribution in [-0.2, 0) is 13.1 Å². The van der Waals surface area contributed by atoms with E-state index in [1.807, 2.05) is 30.3 Å². The van der Waals surface area contributed by atoms with E-state index in [2.05, 4.69) is 20.4 Å². The van der Waals surface area contributed by atoms with Crippen LogP contribution < -0.4 is 16.7 Å². The molecule has 1 aromatic carbocycles. The lowest BCUT2D eigenvalue weighted by molar-refractivity contribution is 0.604. The summed E-state index contributed by atoms with van der Waals surface area (Å²) in [5, 5.41) is 7.94. The quantitative estimate of drug-likeness (QED) is 0.472. The normalized spacial score (nSPS) is 11.9. The summed E-state index contributed by atoms with van der Waals surface area (Å²) in [5.41, 5.74) is 7.38. The monoisotopic (exact) mass is 425 g/mol. The van der Waals surface area contributed by atoms with Gasteiger partial charge in [0.2, 0.25) is 5.95 Å². The first-order chi connectivity index (χ1) is 14.6. The molecule has 10 heteroatoms. The lowest BCUT2D eigenvalue weighted by Gasteiger charge is -2.03. The molecule has 0 spiro atoms. The van der Waals surface area contributed by atoms with Crippen molar-refractivity contribution in [2.24, 2.45) is 5.73 Å². The van der Waals surface area contributed by atoms with Crippen molar-refractivity contribution < 1.29 is 4.39 Å². The van der Waals surface area contributed by atoms with Crippen molar-refractivity contribution in [1.29, 1.82) is 0 Å². The summed E-state index contributed by atoms with van der Waals surface area (Å²) in [6.07, 6.45) is 3.67. The number of anilines is 1. The molecule has 4 rings (SSSR count). The Morgan fingerprint density at radius 1 is 1.33 bits per heavy atom. The number of thiophene rings is 1. The summed E-state index contributed by atoms with van der Waals surface area (Å²) in [6.45, 7) is 0.475. The first-order valence-electron chi connectivity index (χ1n) is 9.25. The maximum atomic E-state index is 12.7. The molecule has 0 aliphatic rings. The van der Waals surface area contributed by atoms with Crippen LogP contribution in [0.2, 0.25) is 0 Å². The summed E-state index contributed by atoms with van der Waals surface area (Å²) in [7, 11) is 1.78. The largest absolute Gasteiger partial charge is 0.357 e. The van der Waals surface area contributed by atoms with E-state index in [0.717, 1.165) is 26.2 Å². The van der Waals surface area contributed by atoms with Gasteiger partial charge in [-0.25, -0.2) is 23.8 Å². The maximum Gasteiger partial charge on any atom is 0.346 e. The van der Waals surface area contributed by atoms with Crippen LogP contribution >= 0.6 is 11.3 Å². The highest BCUT2D eigenvalue weighted by molar-refractivity contribution is 7.15. The van der Waals surface area contributed by atoms with E-state index < -0.39 is 0 Å². The predicted molar refractivity (Wildman–Crippen MR) is 116 cm³/mol. The molecule has 0 fully saturated rings. The van der Waals surface area contributed by atoms with Gasteiger partial charge in [-0.05, 0) is 35.4 Å². The highest BCUT2D eigenvalue weighted by Crippen LogP contribution is 2.30. The van der Waals surface area contributed by atoms with Crippen LogP contribution in [0.5, 0.6) is 0 Å². The lowest BCUT2D eigenvalue weighted by Crippen LogP contribution is -2.26. The molecule has 0 saturated heterocycles. The molecular weight excluding hydrogens is 405 g/mol. The molecule has 0 radical (unpaired) electrons. The summed E-state index contributed by atoms with van der Waals surface area (Å²) >= 11 is 1.60. The standard InChI is InChI=1S/C20H20FN7OS/c1-23-19-24-9-15-6-14(2-4-17(15)26-19)18-5-3-16(30-18)11-27-12-25-28(20(27)29)10-13(7-21)8-22/h2-7,9,12H,8,10-11,22H2,1H3,(H,23,24,26)/b13-7+. The first-order valence-corrected chi connectivity index (χ1v) is 10.1. The Morgan fingerprint density at radius 3 is 2.97 bits per heavy atom. The Morgan fingerprint density at radius 2 is 2.20 bits per heavy atom. The zero-order chi connectivity index (χ0) is 21.1. The van der Waals surface area contributed by atoms with Crippen molar-refractivity contribution in [3.05, 3.63) is 70.1 Å². The average molecular weight is 425 g/mol. The SMILES string of the molecule is CNc1ncc2cc(-c3ccc(Cn4cnn(C/C(=C/F)CN)c4=O)s3)ccc2n1. The van der Waals surface area contributed by atoms with Crippen molar-refractivity contribution >= 4 is 28.2 Å². The van der Waals surface area contributed by atoms with Gasteiger partial charge in [-0.3, -0.25) is 4.57 Å². The number of nitrogens with two attached hydrogens (primary N) is 1. The number of halogens is 1. The third kappa shape index (κ3) is 4.00. The van der Waals surface area contributed by atoms with Crippen molar-refractivity contribution in [1.82, 2.24) is 24.3 Å². The van der Waals surface area contributed by atoms with E-state index in [9.17, 15) is 9.18 Å². The van der Waals surface area contributed by atoms with E-state index in [-0.39, 0.29) is 18.8 Å². The maximum absolute atomic E-state index is 12.7. The Bertz CT molecular complexity index is 1270. The zero-order valence-electron chi connectivity index (χ0n) is 16.2. The molecular formula is C20H20FN7OS. The van der Waals surface area contributed by atoms with Crippen molar-refractivity contribution in [2.75, 3.05) is 18.9 Å². The number of aromatic nitrogens is 5. The number of nitrogens with zero attached hydrogens (tertiary/aromatic N) is 5. The predicted octanol–water partition coefficient (Wildman–Crippen LogP) is 2.62. The van der Waals surface area contributed by atoms with Crippen LogP contribution in [0, 0.1) is 0 Å². The number of hydrogen-bond acceptors (Lipinski definition) is 7. The summed E-state index contributed by atoms with van der Waals surface area (Å²) in [4.78, 5) is 23.3. The van der Waals surface area contributed by atoms with E-state index in [1.165, 1.54) is 15.6 Å². The average Bonchev–Trinajstić information content (AvgIpc) is 3.38. The van der Waals surface area contributed by atoms with Gasteiger partial charge in [0.1, 0.15) is 6.33 Å². The molecule has 0 aliphatic heterocycles. The number of hydrogen-bond donors (Lipinski definition) is 2. The summed E-state index contributed by atoms with van der Waals surface area (Å²) in [5.74, 6) is 0.584. The minimum Gasteiger partial charge on any atom is -0.357 e. The summed E-state index contributed by atoms with van der Waals surface area (Å²) < 4.78 is 15.4. The van der Waals surface area contributed by atoms with Gasteiger partial charge in [0.05, 0.1) is 24.9 Å². The molecule has 0 atom stereocenters. The van der Waals surface area contributed by atoms with Crippen LogP contribution in [0.15, 0.2) is 59.6 Å². The number of nitrogens with one attached hydrogen (secondary N) is 1. The van der Waals surface area contributed by atoms with Crippen LogP contribution in [0.1, 0.15) is 4.88 Å². The Labute approximate surface area is 175 Å². The third-order valence-corrected chi connectivity index (χ3v) is 5.76. The van der Waals surface area contributed by atoms with Crippen LogP contribution in [0.3, 0.4) is 0 Å². The van der Waals surface area contributed by atoms with Gasteiger partial charge in [-0.1, -0.05) is 6.07 Å². The minimum absolute atomic E-state index is 0.0388. The van der Waals surface area contributed by atoms with E-state index in [1.54, 1.807) is 24.6 Å². The van der Waals surface area contributed by atoms with Gasteiger partial charge in [0.25, 0.3) is 0 Å². The van der Waals surface area contributed by atoms with Crippen molar-refractivity contribution in [3.63, 3.8) is 0 Å². The Balaban J connectivity index is 1.54. The molecule has 3 aromatic heterocycles. The minimum atomic E-state index is -0.305. The molecule has 3 heterocycles. The summed E-state index contributed by atoms with van der Waals surface area (Å²) in [6, 6.07) is 10.0. The highest BCUT2D eigenvalue weighted by Gasteiger charge is 2.10. The van der Waals surface area contributed by atoms with Crippen LogP contribution in [0.25, 0.3) is 21.3 Å². The molecule has 0 amide bonds. The number of fused-ring (bicyclic) bond motifs is 1. The fourth-order valence-electron chi connectivity index (χ4n) is 3.02. The van der Waals surface area contributed by atoms with E-state index in [4.69, 9.17) is 5.73 Å². The second-order valence-corrected chi connectivity index (χ2v) is 7.82. The second kappa shape index (κ2) is 8.56. The van der Waals surface area contributed by atoms with Gasteiger partial charge < -0.3 is 11.1 Å². The highest BCUT2D eigenvalue weighted by atomic mass is 32.1. The van der Waals surface area contributed by atoms with Gasteiger partial charge in [-0.15, -0.1) is 11.3 Å². The molecule has 0 unspecified atom stereocenters. The smallest absolute Gasteiger partial charge is 0.346 e. The van der Waals surface area contributed by atoms with Crippen LogP contribution in [-0.4, -0.2) is 37.9 Å². The van der Waals surface area contributed by atoms with Gasteiger partial charge in [0, 0.05) is 34.9 Å². The van der Waals surface area contributed by atoms with Gasteiger partial charge in [0.15, 0.2) is 0 Å². The molecule has 154 valence electrons. The van der Waals surface area contributed by atoms with Crippen molar-refractivity contribution in [3.8, 4) is 10.4 Å². The Kier molecular flexibility index (Phi) is 5.68. The molecule has 0 aliphatic carbocycles. The zero-order valence-corrected chi connectivity index (χ0v) is 17.1. The second-order valence-electron chi connectivity index (χ2n) is 6.65.